The van der Waals surface area contributed by atoms with Crippen molar-refractivity contribution >= 4 is 17.4 Å². The first kappa shape index (κ1) is 12.1. The molecule has 1 fully saturated rings. The van der Waals surface area contributed by atoms with Gasteiger partial charge in [-0.15, -0.1) is 0 Å². The van der Waals surface area contributed by atoms with Crippen LogP contribution >= 0.6 is 11.8 Å². The maximum Gasteiger partial charge on any atom is 0.135 e. The molecular formula is C13H16N2OS. The number of anilines is 1. The molecule has 2 unspecified atom stereocenters. The van der Waals surface area contributed by atoms with Crippen LogP contribution in [0.3, 0.4) is 0 Å². The summed E-state index contributed by atoms with van der Waals surface area (Å²) in [7, 11) is 1.65. The van der Waals surface area contributed by atoms with Crippen LogP contribution in [-0.2, 0) is 0 Å². The summed E-state index contributed by atoms with van der Waals surface area (Å²) < 4.78 is 5.11. The molecular weight excluding hydrogens is 232 g/mol. The molecule has 0 aliphatic carbocycles. The average molecular weight is 248 g/mol. The van der Waals surface area contributed by atoms with E-state index >= 15 is 0 Å². The molecule has 1 saturated heterocycles. The molecule has 1 aromatic carbocycles. The van der Waals surface area contributed by atoms with E-state index in [1.54, 1.807) is 7.11 Å². The summed E-state index contributed by atoms with van der Waals surface area (Å²) in [5, 5.41) is 13.2. The molecule has 1 N–H and O–H groups in total. The zero-order chi connectivity index (χ0) is 12.3. The van der Waals surface area contributed by atoms with Crippen LogP contribution in [0.25, 0.3) is 0 Å². The van der Waals surface area contributed by atoms with E-state index in [0.717, 1.165) is 23.6 Å². The van der Waals surface area contributed by atoms with Gasteiger partial charge in [0.1, 0.15) is 11.3 Å². The zero-order valence-electron chi connectivity index (χ0n) is 10.1. The van der Waals surface area contributed by atoms with Crippen molar-refractivity contribution in [1.82, 2.24) is 0 Å². The highest BCUT2D eigenvalue weighted by Crippen LogP contribution is 2.36. The molecule has 0 radical (unpaired) electrons. The number of hydrogen-bond donors (Lipinski definition) is 1. The molecule has 1 heterocycles. The molecule has 0 spiro atoms. The first-order valence-corrected chi connectivity index (χ1v) is 6.67. The van der Waals surface area contributed by atoms with Crippen LogP contribution in [0.4, 0.5) is 5.69 Å². The summed E-state index contributed by atoms with van der Waals surface area (Å²) in [6, 6.07) is 10.1. The third-order valence-electron chi connectivity index (χ3n) is 2.94. The molecule has 0 amide bonds. The second-order valence-electron chi connectivity index (χ2n) is 4.37. The number of nitrogens with one attached hydrogen (secondary N) is 1. The van der Waals surface area contributed by atoms with Gasteiger partial charge in [0.05, 0.1) is 13.2 Å². The summed E-state index contributed by atoms with van der Waals surface area (Å²) >= 11 is 1.85. The second kappa shape index (κ2) is 4.89. The summed E-state index contributed by atoms with van der Waals surface area (Å²) in [6.07, 6.45) is 0.889. The predicted octanol–water partition coefficient (Wildman–Crippen LogP) is 2.89. The van der Waals surface area contributed by atoms with Gasteiger partial charge >= 0.3 is 0 Å². The number of nitriles is 1. The van der Waals surface area contributed by atoms with Gasteiger partial charge in [-0.2, -0.15) is 17.0 Å². The van der Waals surface area contributed by atoms with Crippen LogP contribution in [0.15, 0.2) is 24.3 Å². The molecule has 0 saturated carbocycles. The fourth-order valence-electron chi connectivity index (χ4n) is 2.04. The fraction of sp³-hybridized carbons (Fsp3) is 0.462. The smallest absolute Gasteiger partial charge is 0.135 e. The number of benzene rings is 1. The first-order chi connectivity index (χ1) is 8.17. The molecule has 2 atom stereocenters. The highest BCUT2D eigenvalue weighted by atomic mass is 32.2. The van der Waals surface area contributed by atoms with Gasteiger partial charge in [-0.1, -0.05) is 6.92 Å². The van der Waals surface area contributed by atoms with Crippen LogP contribution in [-0.4, -0.2) is 23.7 Å². The van der Waals surface area contributed by atoms with Crippen molar-refractivity contribution in [2.75, 3.05) is 18.2 Å². The van der Waals surface area contributed by atoms with Gasteiger partial charge in [0.15, 0.2) is 0 Å². The second-order valence-corrected chi connectivity index (χ2v) is 5.80. The van der Waals surface area contributed by atoms with E-state index in [0.29, 0.717) is 5.25 Å². The third-order valence-corrected chi connectivity index (χ3v) is 4.33. The normalized spacial score (nSPS) is 27.5. The van der Waals surface area contributed by atoms with Gasteiger partial charge in [-0.05, 0) is 30.7 Å². The monoisotopic (exact) mass is 248 g/mol. The van der Waals surface area contributed by atoms with Crippen LogP contribution in [0.2, 0.25) is 0 Å². The number of rotatable bonds is 3. The van der Waals surface area contributed by atoms with Crippen LogP contribution < -0.4 is 10.1 Å². The van der Waals surface area contributed by atoms with Crippen LogP contribution in [0.1, 0.15) is 13.3 Å². The Bertz CT molecular complexity index is 426. The summed E-state index contributed by atoms with van der Waals surface area (Å²) in [4.78, 5) is 0. The van der Waals surface area contributed by atoms with Crippen molar-refractivity contribution in [2.24, 2.45) is 0 Å². The van der Waals surface area contributed by atoms with Gasteiger partial charge in [0.2, 0.25) is 0 Å². The molecule has 0 bridgehead atoms. The lowest BCUT2D eigenvalue weighted by molar-refractivity contribution is 0.415. The quantitative estimate of drug-likeness (QED) is 0.893. The number of thioether (sulfide) groups is 1. The van der Waals surface area contributed by atoms with E-state index in [2.05, 4.69) is 18.3 Å². The van der Waals surface area contributed by atoms with Crippen molar-refractivity contribution in [3.05, 3.63) is 24.3 Å². The Morgan fingerprint density at radius 3 is 2.65 bits per heavy atom. The maximum absolute atomic E-state index is 9.35. The van der Waals surface area contributed by atoms with Crippen molar-refractivity contribution < 1.29 is 4.74 Å². The highest BCUT2D eigenvalue weighted by Gasteiger charge is 2.38. The van der Waals surface area contributed by atoms with E-state index in [1.807, 2.05) is 36.0 Å². The molecule has 0 aromatic heterocycles. The number of ether oxygens (including phenoxy) is 1. The van der Waals surface area contributed by atoms with E-state index in [4.69, 9.17) is 4.74 Å². The van der Waals surface area contributed by atoms with Crippen LogP contribution in [0, 0.1) is 11.3 Å². The van der Waals surface area contributed by atoms with E-state index < -0.39 is 5.54 Å². The zero-order valence-corrected chi connectivity index (χ0v) is 10.9. The minimum Gasteiger partial charge on any atom is -0.497 e. The minimum atomic E-state index is -0.418. The summed E-state index contributed by atoms with van der Waals surface area (Å²) in [6.45, 7) is 2.17. The molecule has 4 heteroatoms. The maximum atomic E-state index is 9.35. The van der Waals surface area contributed by atoms with Crippen molar-refractivity contribution in [3.63, 3.8) is 0 Å². The lowest BCUT2D eigenvalue weighted by Gasteiger charge is -2.23. The van der Waals surface area contributed by atoms with Crippen LogP contribution in [0.5, 0.6) is 5.75 Å². The minimum absolute atomic E-state index is 0.418. The molecule has 1 aromatic rings. The van der Waals surface area contributed by atoms with E-state index in [-0.39, 0.29) is 0 Å². The van der Waals surface area contributed by atoms with E-state index in [1.165, 1.54) is 0 Å². The van der Waals surface area contributed by atoms with E-state index in [9.17, 15) is 5.26 Å². The Hall–Kier alpha value is -1.34. The van der Waals surface area contributed by atoms with Crippen molar-refractivity contribution in [2.45, 2.75) is 24.1 Å². The predicted molar refractivity (Wildman–Crippen MR) is 71.5 cm³/mol. The van der Waals surface area contributed by atoms with Crippen molar-refractivity contribution in [1.29, 1.82) is 5.26 Å². The van der Waals surface area contributed by atoms with Gasteiger partial charge in [0.25, 0.3) is 0 Å². The van der Waals surface area contributed by atoms with Gasteiger partial charge in [-0.3, -0.25) is 0 Å². The molecule has 1 aliphatic rings. The Labute approximate surface area is 106 Å². The summed E-state index contributed by atoms with van der Waals surface area (Å²) in [5.41, 5.74) is 0.556. The Morgan fingerprint density at radius 2 is 2.18 bits per heavy atom. The lowest BCUT2D eigenvalue weighted by atomic mass is 9.98. The van der Waals surface area contributed by atoms with Crippen molar-refractivity contribution in [3.8, 4) is 11.8 Å². The molecule has 3 nitrogen and oxygen atoms in total. The molecule has 90 valence electrons. The number of methoxy groups -OCH3 is 1. The van der Waals surface area contributed by atoms with Gasteiger partial charge < -0.3 is 10.1 Å². The largest absolute Gasteiger partial charge is 0.497 e. The van der Waals surface area contributed by atoms with Gasteiger partial charge in [-0.25, -0.2) is 0 Å². The SMILES string of the molecule is COc1ccc(NC2(C#N)CSC(C)C2)cc1. The lowest BCUT2D eigenvalue weighted by Crippen LogP contribution is -2.36. The standard InChI is InChI=1S/C13H16N2OS/c1-10-7-13(8-14,9-17-10)15-11-3-5-12(16-2)6-4-11/h3-6,10,15H,7,9H2,1-2H3. The third kappa shape index (κ3) is 2.67. The van der Waals surface area contributed by atoms with Gasteiger partial charge in [0, 0.05) is 16.7 Å². The average Bonchev–Trinajstić information content (AvgIpc) is 2.72. The number of nitrogens with zero attached hydrogens (tertiary/aromatic N) is 1. The fourth-order valence-corrected chi connectivity index (χ4v) is 3.26. The highest BCUT2D eigenvalue weighted by molar-refractivity contribution is 8.00. The first-order valence-electron chi connectivity index (χ1n) is 5.62. The molecule has 1 aliphatic heterocycles. The Morgan fingerprint density at radius 1 is 1.47 bits per heavy atom. The topological polar surface area (TPSA) is 45.0 Å². The Balaban J connectivity index is 2.11. The molecule has 17 heavy (non-hydrogen) atoms. The number of hydrogen-bond acceptors (Lipinski definition) is 4. The Kier molecular flexibility index (Phi) is 3.49. The molecule has 2 rings (SSSR count). The summed E-state index contributed by atoms with van der Waals surface area (Å²) in [5.74, 6) is 1.67.